The number of hydrogen-bond acceptors (Lipinski definition) is 12. The number of nitrogens with zero attached hydrogens (tertiary/aromatic N) is 7. The Morgan fingerprint density at radius 3 is 1.45 bits per heavy atom. The lowest BCUT2D eigenvalue weighted by atomic mass is 9.99. The summed E-state index contributed by atoms with van der Waals surface area (Å²) in [7, 11) is -4.56. The summed E-state index contributed by atoms with van der Waals surface area (Å²) in [5, 5.41) is 15.1. The lowest BCUT2D eigenvalue weighted by Crippen LogP contribution is -2.64. The zero-order valence-electron chi connectivity index (χ0n) is 50.9. The van der Waals surface area contributed by atoms with E-state index in [1.165, 1.54) is 0 Å². The van der Waals surface area contributed by atoms with Crippen LogP contribution in [0, 0.1) is 0 Å². The number of amidine groups is 3. The first kappa shape index (κ1) is 56.4. The van der Waals surface area contributed by atoms with Gasteiger partial charge in [0.2, 0.25) is 0 Å². The van der Waals surface area contributed by atoms with E-state index in [-0.39, 0.29) is 0 Å². The van der Waals surface area contributed by atoms with E-state index in [1.807, 2.05) is 0 Å². The van der Waals surface area contributed by atoms with E-state index in [4.69, 9.17) is 52.8 Å². The maximum atomic E-state index is 8.06. The van der Waals surface area contributed by atoms with Crippen LogP contribution >= 0.6 is 0 Å². The standard InChI is InChI=1S/C72H76N8O6Si/c1-7-13-35-81-61-49-31-23-19-27-45(49)41-53-57(61)67-73-65(53)75-71-60-56(44-48-30-22-26-34-52(48)64(60)84-38-16-10-4)70-78-68-58-54(42-46-28-20-24-32-50(46)62(58)82-36-14-8-2)66(74-68)76-72-59-55(43-47-29-21-25-33-51(47)63(59)83-37-15-9-3)69(77-67)79(72)87(80(70)71,85-39-17-11-5)86-40-18-12-6/h19-34,41-44,65H,7-18,35-40H2,1-6H3,(H,73,77)/b75-71-,76-66-,78-70-. The van der Waals surface area contributed by atoms with Gasteiger partial charge in [-0.15, -0.1) is 0 Å². The highest BCUT2D eigenvalue weighted by atomic mass is 28.4. The lowest BCUT2D eigenvalue weighted by molar-refractivity contribution is 0.144. The number of unbranched alkanes of at least 4 members (excludes halogenated alkanes) is 6. The van der Waals surface area contributed by atoms with Gasteiger partial charge >= 0.3 is 8.88 Å². The van der Waals surface area contributed by atoms with Gasteiger partial charge in [-0.25, -0.2) is 25.0 Å². The van der Waals surface area contributed by atoms with Gasteiger partial charge in [0.15, 0.2) is 11.7 Å². The summed E-state index contributed by atoms with van der Waals surface area (Å²) in [6.45, 7) is 15.9. The highest BCUT2D eigenvalue weighted by Crippen LogP contribution is 2.52. The fraction of sp³-hybridized carbons (Fsp3) is 0.347. The summed E-state index contributed by atoms with van der Waals surface area (Å²) in [6, 6.07) is 42.9. The minimum Gasteiger partial charge on any atom is -0.492 e. The molecule has 0 aliphatic carbocycles. The van der Waals surface area contributed by atoms with Crippen LogP contribution in [0.15, 0.2) is 146 Å². The van der Waals surface area contributed by atoms with Crippen LogP contribution in [0.5, 0.6) is 23.0 Å². The number of ether oxygens (including phenoxy) is 4. The maximum Gasteiger partial charge on any atom is 0.603 e. The maximum absolute atomic E-state index is 8.06. The van der Waals surface area contributed by atoms with Crippen LogP contribution < -0.4 is 35.2 Å². The summed E-state index contributed by atoms with van der Waals surface area (Å²) < 4.78 is 49.3. The predicted molar refractivity (Wildman–Crippen MR) is 354 cm³/mol. The largest absolute Gasteiger partial charge is 0.603 e. The van der Waals surface area contributed by atoms with E-state index < -0.39 is 15.0 Å². The van der Waals surface area contributed by atoms with Gasteiger partial charge in [0.25, 0.3) is 0 Å². The predicted octanol–water partition coefficient (Wildman–Crippen LogP) is 16.2. The van der Waals surface area contributed by atoms with Gasteiger partial charge in [0.1, 0.15) is 57.6 Å². The first-order valence-corrected chi connectivity index (χ1v) is 33.7. The Balaban J connectivity index is 1.28. The summed E-state index contributed by atoms with van der Waals surface area (Å²) in [5.74, 6) is 5.58. The molecule has 14 rings (SSSR count). The van der Waals surface area contributed by atoms with Gasteiger partial charge in [-0.1, -0.05) is 177 Å². The normalized spacial score (nSPS) is 17.2. The highest BCUT2D eigenvalue weighted by Gasteiger charge is 2.54. The molecule has 0 fully saturated rings. The van der Waals surface area contributed by atoms with Crippen molar-refractivity contribution < 1.29 is 27.8 Å². The lowest BCUT2D eigenvalue weighted by Gasteiger charge is -2.33. The monoisotopic (exact) mass is 1180 g/mol. The van der Waals surface area contributed by atoms with Gasteiger partial charge in [0, 0.05) is 56.7 Å². The summed E-state index contributed by atoms with van der Waals surface area (Å²) in [5.41, 5.74) is 4.51. The Bertz CT molecular complexity index is 4570. The summed E-state index contributed by atoms with van der Waals surface area (Å²) in [4.78, 5) is 30.0. The molecule has 8 aromatic carbocycles. The molecule has 15 heteroatoms. The quantitative estimate of drug-likeness (QED) is 0.0469. The van der Waals surface area contributed by atoms with Crippen molar-refractivity contribution in [3.05, 3.63) is 155 Å². The van der Waals surface area contributed by atoms with Gasteiger partial charge in [-0.3, -0.25) is 8.47 Å². The number of nitrogens with one attached hydrogen (secondary N) is 1. The molecule has 0 saturated carbocycles. The Morgan fingerprint density at radius 1 is 0.414 bits per heavy atom. The van der Waals surface area contributed by atoms with Crippen molar-refractivity contribution in [2.75, 3.05) is 39.6 Å². The topological polar surface area (TPSA) is 139 Å². The van der Waals surface area contributed by atoms with E-state index in [1.54, 1.807) is 0 Å². The van der Waals surface area contributed by atoms with Crippen molar-refractivity contribution in [3.8, 4) is 23.0 Å². The smallest absolute Gasteiger partial charge is 0.492 e. The third-order valence-electron chi connectivity index (χ3n) is 17.3. The Hall–Kier alpha value is -8.37. The van der Waals surface area contributed by atoms with E-state index in [2.05, 4.69) is 177 Å². The van der Waals surface area contributed by atoms with Gasteiger partial charge in [0.05, 0.1) is 48.3 Å². The minimum absolute atomic E-state index is 0.344. The second-order valence-corrected chi connectivity index (χ2v) is 25.9. The van der Waals surface area contributed by atoms with Gasteiger partial charge in [-0.05, 0) is 84.3 Å². The summed E-state index contributed by atoms with van der Waals surface area (Å²) in [6.07, 6.45) is 9.82. The molecule has 0 radical (unpaired) electrons. The van der Waals surface area contributed by atoms with E-state index >= 15 is 0 Å². The van der Waals surface area contributed by atoms with Crippen molar-refractivity contribution in [2.24, 2.45) is 25.0 Å². The van der Waals surface area contributed by atoms with E-state index in [9.17, 15) is 0 Å². The van der Waals surface area contributed by atoms with Crippen LogP contribution in [-0.4, -0.2) is 74.5 Å². The SMILES string of the molecule is CCCCOc1c2c(cc3ccccc13)/C1=N/c3c4c(OCCCC)c5ccccc5cc4c4n3[Si](OCCCC)(OCCCC)n3/c(c5cc6ccccc6c(OCCCC)c5/c3=N/C3N/C(=N\4)c4c3cc3ccccc3c4OCCCC)=N\C2=N1. The van der Waals surface area contributed by atoms with Crippen molar-refractivity contribution in [2.45, 2.75) is 125 Å². The van der Waals surface area contributed by atoms with Crippen molar-refractivity contribution >= 4 is 103 Å². The molecular formula is C72H76N8O6Si. The molecule has 2 aromatic heterocycles. The Labute approximate surface area is 508 Å². The molecular weight excluding hydrogens is 1100 g/mol. The molecule has 14 nitrogen and oxygen atoms in total. The highest BCUT2D eigenvalue weighted by molar-refractivity contribution is 6.66. The Morgan fingerprint density at radius 2 is 0.885 bits per heavy atom. The number of aliphatic imine (C=N–C) groups is 3. The van der Waals surface area contributed by atoms with Gasteiger partial charge in [-0.2, -0.15) is 0 Å². The first-order valence-electron chi connectivity index (χ1n) is 32.0. The van der Waals surface area contributed by atoms with E-state index in [0.29, 0.717) is 97.0 Å². The molecule has 1 unspecified atom stereocenters. The number of rotatable bonds is 24. The molecule has 87 heavy (non-hydrogen) atoms. The molecule has 444 valence electrons. The zero-order chi connectivity index (χ0) is 59.2. The third kappa shape index (κ3) is 9.55. The summed E-state index contributed by atoms with van der Waals surface area (Å²) >= 11 is 0. The molecule has 0 saturated heterocycles. The third-order valence-corrected chi connectivity index (χ3v) is 20.4. The molecule has 1 atom stereocenters. The first-order chi connectivity index (χ1) is 42.9. The van der Waals surface area contributed by atoms with Crippen LogP contribution in [0.4, 0.5) is 11.6 Å². The number of benzene rings is 8. The van der Waals surface area contributed by atoms with Crippen molar-refractivity contribution in [1.82, 2.24) is 13.8 Å². The molecule has 6 bridgehead atoms. The van der Waals surface area contributed by atoms with Crippen LogP contribution in [-0.2, 0) is 8.85 Å². The average Bonchev–Trinajstić information content (AvgIpc) is 1.54. The number of fused-ring (bicyclic) bond motifs is 19. The van der Waals surface area contributed by atoms with Crippen molar-refractivity contribution in [3.63, 3.8) is 0 Å². The molecule has 4 aliphatic heterocycles. The molecule has 6 heterocycles. The number of hydrogen-bond donors (Lipinski definition) is 1. The minimum atomic E-state index is -4.56. The zero-order valence-corrected chi connectivity index (χ0v) is 51.9. The van der Waals surface area contributed by atoms with Crippen LogP contribution in [0.1, 0.15) is 147 Å². The molecule has 1 N–H and O–H groups in total. The molecule has 0 spiro atoms. The van der Waals surface area contributed by atoms with Crippen LogP contribution in [0.2, 0.25) is 0 Å². The van der Waals surface area contributed by atoms with Crippen molar-refractivity contribution in [1.29, 1.82) is 0 Å². The molecule has 10 aromatic rings. The molecule has 0 amide bonds. The second-order valence-electron chi connectivity index (χ2n) is 23.3. The van der Waals surface area contributed by atoms with Crippen LogP contribution in [0.3, 0.4) is 0 Å². The fourth-order valence-corrected chi connectivity index (χ4v) is 16.2. The number of aromatic nitrogens is 2. The van der Waals surface area contributed by atoms with E-state index in [0.717, 1.165) is 170 Å². The fourth-order valence-electron chi connectivity index (χ4n) is 12.8. The molecule has 4 aliphatic rings. The average molecular weight is 1180 g/mol. The van der Waals surface area contributed by atoms with Crippen LogP contribution in [0.25, 0.3) is 64.6 Å². The second kappa shape index (κ2) is 24.1. The Kier molecular flexibility index (Phi) is 15.6. The van der Waals surface area contributed by atoms with Gasteiger partial charge < -0.3 is 33.1 Å².